The minimum atomic E-state index is -0.0487. The number of piperidine rings is 1. The van der Waals surface area contributed by atoms with Crippen LogP contribution in [0.25, 0.3) is 0 Å². The average molecular weight is 228 g/mol. The fourth-order valence-electron chi connectivity index (χ4n) is 1.79. The molecule has 1 aliphatic rings. The van der Waals surface area contributed by atoms with Crippen molar-refractivity contribution in [3.63, 3.8) is 0 Å². The lowest BCUT2D eigenvalue weighted by atomic mass is 10.00. The summed E-state index contributed by atoms with van der Waals surface area (Å²) in [7, 11) is 3.99. The molecule has 5 heteroatoms. The maximum absolute atomic E-state index is 11.4. The average Bonchev–Trinajstić information content (AvgIpc) is 2.27. The van der Waals surface area contributed by atoms with Crippen molar-refractivity contribution < 1.29 is 4.79 Å². The molecule has 0 radical (unpaired) electrons. The van der Waals surface area contributed by atoms with Gasteiger partial charge in [-0.2, -0.15) is 0 Å². The molecule has 1 unspecified atom stereocenters. The number of hydrogen-bond donors (Lipinski definition) is 3. The van der Waals surface area contributed by atoms with Gasteiger partial charge in [0.15, 0.2) is 0 Å². The highest BCUT2D eigenvalue weighted by Gasteiger charge is 2.13. The number of rotatable bonds is 5. The normalized spacial score (nSPS) is 20.8. The minimum Gasteiger partial charge on any atom is -0.338 e. The third-order valence-corrected chi connectivity index (χ3v) is 2.79. The van der Waals surface area contributed by atoms with Gasteiger partial charge < -0.3 is 20.9 Å². The van der Waals surface area contributed by atoms with Crippen LogP contribution in [0, 0.1) is 5.92 Å². The zero-order valence-corrected chi connectivity index (χ0v) is 10.4. The van der Waals surface area contributed by atoms with Gasteiger partial charge in [0.2, 0.25) is 0 Å². The molecule has 0 spiro atoms. The first kappa shape index (κ1) is 13.3. The molecule has 2 amide bonds. The number of urea groups is 1. The first-order valence-corrected chi connectivity index (χ1v) is 6.05. The van der Waals surface area contributed by atoms with E-state index in [4.69, 9.17) is 0 Å². The van der Waals surface area contributed by atoms with Gasteiger partial charge in [0.1, 0.15) is 0 Å². The molecular weight excluding hydrogens is 204 g/mol. The van der Waals surface area contributed by atoms with Gasteiger partial charge in [-0.25, -0.2) is 4.79 Å². The predicted octanol–water partition coefficient (Wildman–Crippen LogP) is -0.153. The number of carbonyl (C=O) groups is 1. The van der Waals surface area contributed by atoms with Crippen LogP contribution in [0.15, 0.2) is 0 Å². The van der Waals surface area contributed by atoms with E-state index in [2.05, 4.69) is 16.0 Å². The van der Waals surface area contributed by atoms with Gasteiger partial charge in [0.25, 0.3) is 0 Å². The number of likely N-dealkylation sites (N-methyl/N-ethyl adjacent to an activating group) is 1. The summed E-state index contributed by atoms with van der Waals surface area (Å²) >= 11 is 0. The van der Waals surface area contributed by atoms with Crippen LogP contribution in [0.5, 0.6) is 0 Å². The Labute approximate surface area is 98.0 Å². The summed E-state index contributed by atoms with van der Waals surface area (Å²) in [5.41, 5.74) is 0. The Morgan fingerprint density at radius 1 is 1.44 bits per heavy atom. The summed E-state index contributed by atoms with van der Waals surface area (Å²) in [6.07, 6.45) is 2.43. The second kappa shape index (κ2) is 7.46. The molecule has 0 aromatic heterocycles. The maximum atomic E-state index is 11.4. The van der Waals surface area contributed by atoms with E-state index in [1.54, 1.807) is 0 Å². The van der Waals surface area contributed by atoms with Crippen molar-refractivity contribution in [3.8, 4) is 0 Å². The van der Waals surface area contributed by atoms with E-state index in [-0.39, 0.29) is 6.03 Å². The summed E-state index contributed by atoms with van der Waals surface area (Å²) in [6, 6.07) is -0.0487. The van der Waals surface area contributed by atoms with Crippen molar-refractivity contribution in [1.82, 2.24) is 20.9 Å². The van der Waals surface area contributed by atoms with E-state index in [0.717, 1.165) is 26.2 Å². The van der Waals surface area contributed by atoms with Crippen LogP contribution in [0.3, 0.4) is 0 Å². The largest absolute Gasteiger partial charge is 0.338 e. The fraction of sp³-hybridized carbons (Fsp3) is 0.909. The van der Waals surface area contributed by atoms with Gasteiger partial charge >= 0.3 is 6.03 Å². The van der Waals surface area contributed by atoms with Gasteiger partial charge in [0, 0.05) is 19.6 Å². The van der Waals surface area contributed by atoms with Crippen molar-refractivity contribution in [2.24, 2.45) is 5.92 Å². The molecule has 1 atom stereocenters. The van der Waals surface area contributed by atoms with Crippen LogP contribution >= 0.6 is 0 Å². The zero-order valence-electron chi connectivity index (χ0n) is 10.4. The number of nitrogens with zero attached hydrogens (tertiary/aromatic N) is 1. The van der Waals surface area contributed by atoms with Crippen LogP contribution in [0.4, 0.5) is 4.79 Å². The fourth-order valence-corrected chi connectivity index (χ4v) is 1.79. The van der Waals surface area contributed by atoms with Gasteiger partial charge in [0.05, 0.1) is 0 Å². The molecule has 1 heterocycles. The van der Waals surface area contributed by atoms with Crippen molar-refractivity contribution in [2.75, 3.05) is 46.8 Å². The molecule has 0 aromatic carbocycles. The molecule has 1 rings (SSSR count). The molecule has 5 nitrogen and oxygen atoms in total. The number of amides is 2. The summed E-state index contributed by atoms with van der Waals surface area (Å²) in [4.78, 5) is 13.5. The highest BCUT2D eigenvalue weighted by molar-refractivity contribution is 5.73. The summed E-state index contributed by atoms with van der Waals surface area (Å²) < 4.78 is 0. The molecule has 0 aliphatic carbocycles. The van der Waals surface area contributed by atoms with Gasteiger partial charge in [-0.1, -0.05) is 0 Å². The van der Waals surface area contributed by atoms with Crippen LogP contribution in [-0.4, -0.2) is 57.8 Å². The topological polar surface area (TPSA) is 56.4 Å². The zero-order chi connectivity index (χ0) is 11.8. The Balaban J connectivity index is 2.00. The van der Waals surface area contributed by atoms with Crippen LogP contribution in [0.1, 0.15) is 12.8 Å². The summed E-state index contributed by atoms with van der Waals surface area (Å²) in [5, 5.41) is 9.10. The number of nitrogens with one attached hydrogen (secondary N) is 3. The second-order valence-corrected chi connectivity index (χ2v) is 4.65. The van der Waals surface area contributed by atoms with Crippen LogP contribution in [0.2, 0.25) is 0 Å². The Bertz CT molecular complexity index is 202. The van der Waals surface area contributed by atoms with E-state index >= 15 is 0 Å². The molecular formula is C11H24N4O. The highest BCUT2D eigenvalue weighted by Crippen LogP contribution is 2.07. The first-order valence-electron chi connectivity index (χ1n) is 6.05. The van der Waals surface area contributed by atoms with Crippen molar-refractivity contribution >= 4 is 6.03 Å². The lowest BCUT2D eigenvalue weighted by molar-refractivity contribution is 0.235. The smallest absolute Gasteiger partial charge is 0.314 e. The lowest BCUT2D eigenvalue weighted by Crippen LogP contribution is -2.43. The standard InChI is InChI=1S/C11H24N4O/c1-15(2)7-6-13-11(16)14-9-10-4-3-5-12-8-10/h10,12H,3-9H2,1-2H3,(H2,13,14,16). The van der Waals surface area contributed by atoms with E-state index in [1.807, 2.05) is 19.0 Å². The quantitative estimate of drug-likeness (QED) is 0.613. The minimum absolute atomic E-state index is 0.0487. The number of hydrogen-bond acceptors (Lipinski definition) is 3. The molecule has 16 heavy (non-hydrogen) atoms. The Kier molecular flexibility index (Phi) is 6.18. The second-order valence-electron chi connectivity index (χ2n) is 4.65. The molecule has 1 fully saturated rings. The Hall–Kier alpha value is -0.810. The molecule has 0 bridgehead atoms. The number of carbonyl (C=O) groups excluding carboxylic acids is 1. The van der Waals surface area contributed by atoms with E-state index in [0.29, 0.717) is 12.5 Å². The summed E-state index contributed by atoms with van der Waals surface area (Å²) in [6.45, 7) is 4.49. The third-order valence-electron chi connectivity index (χ3n) is 2.79. The van der Waals surface area contributed by atoms with Crippen molar-refractivity contribution in [2.45, 2.75) is 12.8 Å². The summed E-state index contributed by atoms with van der Waals surface area (Å²) in [5.74, 6) is 0.591. The molecule has 94 valence electrons. The van der Waals surface area contributed by atoms with Crippen molar-refractivity contribution in [1.29, 1.82) is 0 Å². The van der Waals surface area contributed by atoms with Gasteiger partial charge in [-0.05, 0) is 45.9 Å². The maximum Gasteiger partial charge on any atom is 0.314 e. The van der Waals surface area contributed by atoms with Gasteiger partial charge in [-0.3, -0.25) is 0 Å². The van der Waals surface area contributed by atoms with E-state index in [9.17, 15) is 4.79 Å². The monoisotopic (exact) mass is 228 g/mol. The molecule has 3 N–H and O–H groups in total. The first-order chi connectivity index (χ1) is 7.68. The van der Waals surface area contributed by atoms with E-state index in [1.165, 1.54) is 12.8 Å². The predicted molar refractivity (Wildman–Crippen MR) is 65.5 cm³/mol. The van der Waals surface area contributed by atoms with Crippen LogP contribution < -0.4 is 16.0 Å². The SMILES string of the molecule is CN(C)CCNC(=O)NCC1CCCNC1. The van der Waals surface area contributed by atoms with Gasteiger partial charge in [-0.15, -0.1) is 0 Å². The lowest BCUT2D eigenvalue weighted by Gasteiger charge is -2.23. The van der Waals surface area contributed by atoms with Crippen LogP contribution in [-0.2, 0) is 0 Å². The Morgan fingerprint density at radius 3 is 2.88 bits per heavy atom. The Morgan fingerprint density at radius 2 is 2.25 bits per heavy atom. The molecule has 0 saturated carbocycles. The van der Waals surface area contributed by atoms with E-state index < -0.39 is 0 Å². The third kappa shape index (κ3) is 5.92. The molecule has 0 aromatic rings. The van der Waals surface area contributed by atoms with Crippen molar-refractivity contribution in [3.05, 3.63) is 0 Å². The molecule has 1 aliphatic heterocycles. The highest BCUT2D eigenvalue weighted by atomic mass is 16.2. The molecule has 1 saturated heterocycles.